The van der Waals surface area contributed by atoms with Crippen molar-refractivity contribution in [3.63, 3.8) is 0 Å². The van der Waals surface area contributed by atoms with Crippen LogP contribution >= 0.6 is 0 Å². The van der Waals surface area contributed by atoms with Crippen LogP contribution in [0.15, 0.2) is 97.1 Å². The van der Waals surface area contributed by atoms with Crippen molar-refractivity contribution in [2.75, 3.05) is 14.2 Å². The molecular weight excluding hydrogens is 472 g/mol. The largest absolute Gasteiger partial charge is 0.497 e. The first-order valence-corrected chi connectivity index (χ1v) is 12.7. The van der Waals surface area contributed by atoms with Crippen LogP contribution in [0.1, 0.15) is 22.3 Å². The van der Waals surface area contributed by atoms with Crippen molar-refractivity contribution in [2.45, 2.75) is 12.2 Å². The molecule has 0 fully saturated rings. The van der Waals surface area contributed by atoms with Crippen molar-refractivity contribution >= 4 is 16.8 Å². The minimum atomic E-state index is -0.885. The van der Waals surface area contributed by atoms with Gasteiger partial charge in [0.05, 0.1) is 20.8 Å². The van der Waals surface area contributed by atoms with Crippen LogP contribution in [-0.2, 0) is 12.2 Å². The van der Waals surface area contributed by atoms with Gasteiger partial charge in [-0.1, -0.05) is 72.8 Å². The summed E-state index contributed by atoms with van der Waals surface area (Å²) >= 11 is 0. The van der Waals surface area contributed by atoms with Crippen LogP contribution in [0.5, 0.6) is 17.2 Å². The lowest BCUT2D eigenvalue weighted by Crippen LogP contribution is -2.34. The first-order valence-electron chi connectivity index (χ1n) is 12.7. The molecule has 1 aliphatic carbocycles. The minimum Gasteiger partial charge on any atom is -0.497 e. The Balaban J connectivity index is 1.51. The molecule has 0 saturated carbocycles. The fraction of sp³-hybridized carbons (Fsp3) is 0.118. The van der Waals surface area contributed by atoms with E-state index in [0.29, 0.717) is 0 Å². The van der Waals surface area contributed by atoms with Crippen molar-refractivity contribution < 1.29 is 19.3 Å². The Morgan fingerprint density at radius 3 is 1.92 bits per heavy atom. The highest BCUT2D eigenvalue weighted by Gasteiger charge is 2.40. The zero-order valence-electron chi connectivity index (χ0n) is 21.2. The number of ether oxygens (including phenoxy) is 3. The van der Waals surface area contributed by atoms with E-state index in [9.17, 15) is 5.11 Å². The maximum Gasteiger partial charge on any atom is 0.178 e. The molecule has 38 heavy (non-hydrogen) atoms. The summed E-state index contributed by atoms with van der Waals surface area (Å²) in [6, 6.07) is 30.8. The monoisotopic (exact) mass is 498 g/mol. The normalized spacial score (nSPS) is 14.1. The molecule has 0 radical (unpaired) electrons. The van der Waals surface area contributed by atoms with E-state index in [1.54, 1.807) is 14.2 Å². The average Bonchev–Trinajstić information content (AvgIpc) is 3.33. The highest BCUT2D eigenvalue weighted by molar-refractivity contribution is 6.19. The first kappa shape index (κ1) is 22.6. The molecule has 0 amide bonds. The predicted molar refractivity (Wildman–Crippen MR) is 151 cm³/mol. The second-order valence-electron chi connectivity index (χ2n) is 9.66. The van der Waals surface area contributed by atoms with Gasteiger partial charge in [0.15, 0.2) is 5.60 Å². The summed E-state index contributed by atoms with van der Waals surface area (Å²) in [5, 5.41) is 12.8. The van der Waals surface area contributed by atoms with E-state index in [1.165, 1.54) is 11.1 Å². The maximum atomic E-state index is 10.7. The number of benzene rings is 5. The lowest BCUT2D eigenvalue weighted by Gasteiger charge is -2.37. The Morgan fingerprint density at radius 2 is 1.32 bits per heavy atom. The van der Waals surface area contributed by atoms with Crippen LogP contribution in [0.2, 0.25) is 0 Å². The summed E-state index contributed by atoms with van der Waals surface area (Å²) in [5.74, 6) is 2.34. The highest BCUT2D eigenvalue weighted by atomic mass is 16.5. The van der Waals surface area contributed by atoms with E-state index in [4.69, 9.17) is 14.2 Å². The summed E-state index contributed by atoms with van der Waals surface area (Å²) in [6.45, 7) is -0.0813. The number of aliphatic hydroxyl groups excluding tert-OH is 1. The zero-order valence-corrected chi connectivity index (χ0v) is 21.2. The third-order valence-corrected chi connectivity index (χ3v) is 7.86. The van der Waals surface area contributed by atoms with E-state index >= 15 is 0 Å². The molecule has 0 atom stereocenters. The van der Waals surface area contributed by atoms with Crippen molar-refractivity contribution in [3.05, 3.63) is 119 Å². The Morgan fingerprint density at radius 1 is 0.711 bits per heavy atom. The van der Waals surface area contributed by atoms with E-state index < -0.39 is 5.60 Å². The van der Waals surface area contributed by atoms with Crippen LogP contribution in [0, 0.1) is 0 Å². The summed E-state index contributed by atoms with van der Waals surface area (Å²) in [6.07, 6.45) is 4.21. The molecule has 2 aliphatic rings. The van der Waals surface area contributed by atoms with Crippen LogP contribution < -0.4 is 14.2 Å². The van der Waals surface area contributed by atoms with Gasteiger partial charge in [0.1, 0.15) is 17.2 Å². The number of aliphatic hydroxyl groups is 1. The van der Waals surface area contributed by atoms with Gasteiger partial charge in [0, 0.05) is 27.5 Å². The minimum absolute atomic E-state index is 0.0813. The van der Waals surface area contributed by atoms with Crippen molar-refractivity contribution in [1.82, 2.24) is 0 Å². The van der Waals surface area contributed by atoms with Crippen LogP contribution in [0.4, 0.5) is 0 Å². The Bertz CT molecular complexity index is 1680. The molecule has 5 aromatic carbocycles. The molecule has 4 nitrogen and oxygen atoms in total. The Hall–Kier alpha value is -4.54. The molecule has 186 valence electrons. The van der Waals surface area contributed by atoms with Gasteiger partial charge >= 0.3 is 0 Å². The average molecular weight is 499 g/mol. The van der Waals surface area contributed by atoms with E-state index in [0.717, 1.165) is 61.4 Å². The lowest BCUT2D eigenvalue weighted by molar-refractivity contribution is 0.162. The topological polar surface area (TPSA) is 47.9 Å². The highest BCUT2D eigenvalue weighted by Crippen LogP contribution is 2.55. The summed E-state index contributed by atoms with van der Waals surface area (Å²) in [7, 11) is 3.33. The van der Waals surface area contributed by atoms with E-state index in [-0.39, 0.29) is 6.61 Å². The summed E-state index contributed by atoms with van der Waals surface area (Å²) in [4.78, 5) is 0. The van der Waals surface area contributed by atoms with Crippen LogP contribution in [0.25, 0.3) is 39.1 Å². The van der Waals surface area contributed by atoms with Crippen LogP contribution in [0.3, 0.4) is 0 Å². The Labute approximate surface area is 221 Å². The molecule has 1 heterocycles. The standard InChI is InChI=1S/C34H26O4/c1-36-23-14-10-21(11-15-23)34(22-12-16-24(37-2)17-13-22)19-18-28-30(20-35)32-26-7-4-3-6-25(26)27-8-5-9-29(31(27)32)33(28)38-34/h3-19,35H,20H2,1-2H3. The zero-order chi connectivity index (χ0) is 25.9. The molecular formula is C34H26O4. The Kier molecular flexibility index (Phi) is 5.07. The molecule has 0 bridgehead atoms. The van der Waals surface area contributed by atoms with Crippen LogP contribution in [-0.4, -0.2) is 19.3 Å². The van der Waals surface area contributed by atoms with Gasteiger partial charge < -0.3 is 19.3 Å². The predicted octanol–water partition coefficient (Wildman–Crippen LogP) is 7.35. The van der Waals surface area contributed by atoms with Gasteiger partial charge in [0.25, 0.3) is 0 Å². The number of hydrogen-bond acceptors (Lipinski definition) is 4. The van der Waals surface area contributed by atoms with Crippen molar-refractivity contribution in [1.29, 1.82) is 0 Å². The fourth-order valence-corrected chi connectivity index (χ4v) is 6.04. The third kappa shape index (κ3) is 3.07. The summed E-state index contributed by atoms with van der Waals surface area (Å²) in [5.41, 5.74) is 7.48. The van der Waals surface area contributed by atoms with Crippen molar-refractivity contribution in [3.8, 4) is 39.5 Å². The molecule has 4 heteroatoms. The SMILES string of the molecule is COc1ccc(C2(c3ccc(OC)cc3)C=Cc3c(CO)c4c5c(cccc5c3O2)-c2ccccc2-4)cc1. The lowest BCUT2D eigenvalue weighted by atomic mass is 9.81. The first-order chi connectivity index (χ1) is 18.7. The number of methoxy groups -OCH3 is 2. The molecule has 5 aromatic rings. The molecule has 0 unspecified atom stereocenters. The van der Waals surface area contributed by atoms with E-state index in [1.807, 2.05) is 48.5 Å². The second-order valence-corrected chi connectivity index (χ2v) is 9.66. The van der Waals surface area contributed by atoms with Crippen molar-refractivity contribution in [2.24, 2.45) is 0 Å². The summed E-state index contributed by atoms with van der Waals surface area (Å²) < 4.78 is 18.0. The van der Waals surface area contributed by atoms with Gasteiger partial charge in [0.2, 0.25) is 0 Å². The molecule has 1 aliphatic heterocycles. The quantitative estimate of drug-likeness (QED) is 0.270. The smallest absolute Gasteiger partial charge is 0.178 e. The van der Waals surface area contributed by atoms with Gasteiger partial charge in [-0.15, -0.1) is 0 Å². The fourth-order valence-electron chi connectivity index (χ4n) is 6.04. The number of rotatable bonds is 5. The van der Waals surface area contributed by atoms with E-state index in [2.05, 4.69) is 54.6 Å². The molecule has 0 aromatic heterocycles. The maximum absolute atomic E-state index is 10.7. The third-order valence-electron chi connectivity index (χ3n) is 7.86. The number of hydrogen-bond donors (Lipinski definition) is 1. The van der Waals surface area contributed by atoms with Gasteiger partial charge in [-0.25, -0.2) is 0 Å². The molecule has 0 spiro atoms. The second kappa shape index (κ2) is 8.51. The van der Waals surface area contributed by atoms with Gasteiger partial charge in [-0.2, -0.15) is 0 Å². The van der Waals surface area contributed by atoms with Gasteiger partial charge in [-0.3, -0.25) is 0 Å². The van der Waals surface area contributed by atoms with Gasteiger partial charge in [-0.05, 0) is 58.2 Å². The molecule has 1 N–H and O–H groups in total. The molecule has 0 saturated heterocycles. The number of fused-ring (bicyclic) bond motifs is 5. The molecule has 7 rings (SSSR count).